The van der Waals surface area contributed by atoms with Crippen LogP contribution >= 0.6 is 0 Å². The lowest BCUT2D eigenvalue weighted by molar-refractivity contribution is -0.142. The van der Waals surface area contributed by atoms with Gasteiger partial charge in [0, 0.05) is 5.57 Å². The Kier molecular flexibility index (Phi) is 4.59. The van der Waals surface area contributed by atoms with E-state index in [0.717, 1.165) is 5.57 Å². The first-order chi connectivity index (χ1) is 5.45. The minimum atomic E-state index is -0.233. The molecule has 0 radical (unpaired) electrons. The molecule has 0 atom stereocenters. The van der Waals surface area contributed by atoms with Crippen molar-refractivity contribution in [2.75, 3.05) is 20.8 Å². The first-order valence-electron chi connectivity index (χ1n) is 3.91. The number of carbonyl (C=O) groups is 1. The maximum Gasteiger partial charge on any atom is 0.334 e. The maximum atomic E-state index is 11.2. The highest BCUT2D eigenvalue weighted by Crippen LogP contribution is 2.03. The van der Waals surface area contributed by atoms with Gasteiger partial charge in [-0.25, -0.2) is 4.79 Å². The van der Waals surface area contributed by atoms with Crippen LogP contribution in [0.1, 0.15) is 20.8 Å². The summed E-state index contributed by atoms with van der Waals surface area (Å²) in [7, 11) is 3.70. The van der Waals surface area contributed by atoms with Crippen molar-refractivity contribution in [2.24, 2.45) is 0 Å². The molecule has 70 valence electrons. The van der Waals surface area contributed by atoms with Crippen LogP contribution in [0, 0.1) is 0 Å². The minimum absolute atomic E-state index is 0.233. The van der Waals surface area contributed by atoms with Crippen LogP contribution in [0.3, 0.4) is 0 Å². The second-order valence-electron chi connectivity index (χ2n) is 3.27. The van der Waals surface area contributed by atoms with Crippen LogP contribution in [0.4, 0.5) is 0 Å². The number of nitrogens with zero attached hydrogens (tertiary/aromatic N) is 1. The third kappa shape index (κ3) is 4.13. The first kappa shape index (κ1) is 11.2. The summed E-state index contributed by atoms with van der Waals surface area (Å²) in [6.07, 6.45) is 0. The molecule has 0 unspecified atom stereocenters. The number of esters is 1. The molecular weight excluding hydrogens is 154 g/mol. The molecule has 3 heteroatoms. The van der Waals surface area contributed by atoms with Gasteiger partial charge in [-0.15, -0.1) is 0 Å². The number of carbonyl (C=O) groups excluding carboxylic acids is 1. The Bertz CT molecular complexity index is 191. The second-order valence-corrected chi connectivity index (χ2v) is 3.27. The van der Waals surface area contributed by atoms with Gasteiger partial charge in [0.1, 0.15) is 6.73 Å². The van der Waals surface area contributed by atoms with Crippen molar-refractivity contribution in [3.05, 3.63) is 11.1 Å². The van der Waals surface area contributed by atoms with Gasteiger partial charge in [-0.1, -0.05) is 5.57 Å². The fraction of sp³-hybridized carbons (Fsp3) is 0.667. The van der Waals surface area contributed by atoms with Crippen molar-refractivity contribution < 1.29 is 9.53 Å². The van der Waals surface area contributed by atoms with Crippen LogP contribution < -0.4 is 0 Å². The van der Waals surface area contributed by atoms with Gasteiger partial charge in [0.15, 0.2) is 0 Å². The lowest BCUT2D eigenvalue weighted by atomic mass is 10.2. The van der Waals surface area contributed by atoms with E-state index >= 15 is 0 Å². The Hall–Kier alpha value is -0.830. The van der Waals surface area contributed by atoms with Crippen molar-refractivity contribution in [3.63, 3.8) is 0 Å². The van der Waals surface area contributed by atoms with Gasteiger partial charge < -0.3 is 4.74 Å². The molecule has 0 amide bonds. The smallest absolute Gasteiger partial charge is 0.334 e. The molecule has 3 nitrogen and oxygen atoms in total. The van der Waals surface area contributed by atoms with E-state index in [1.165, 1.54) is 0 Å². The number of rotatable bonds is 3. The van der Waals surface area contributed by atoms with E-state index in [2.05, 4.69) is 0 Å². The Morgan fingerprint density at radius 1 is 1.25 bits per heavy atom. The Morgan fingerprint density at radius 2 is 1.75 bits per heavy atom. The molecule has 0 N–H and O–H groups in total. The van der Waals surface area contributed by atoms with Crippen LogP contribution in [0.25, 0.3) is 0 Å². The van der Waals surface area contributed by atoms with Crippen molar-refractivity contribution >= 4 is 5.97 Å². The molecule has 0 aromatic heterocycles. The zero-order valence-corrected chi connectivity index (χ0v) is 8.47. The molecule has 0 aromatic rings. The van der Waals surface area contributed by atoms with Crippen molar-refractivity contribution in [3.8, 4) is 0 Å². The largest absolute Gasteiger partial charge is 0.446 e. The molecular formula is C9H17NO2. The van der Waals surface area contributed by atoms with Crippen LogP contribution in [-0.4, -0.2) is 31.7 Å². The van der Waals surface area contributed by atoms with Crippen LogP contribution in [-0.2, 0) is 9.53 Å². The monoisotopic (exact) mass is 171 g/mol. The average molecular weight is 171 g/mol. The summed E-state index contributed by atoms with van der Waals surface area (Å²) in [4.78, 5) is 13.0. The Labute approximate surface area is 74.0 Å². The Morgan fingerprint density at radius 3 is 2.08 bits per heavy atom. The third-order valence-corrected chi connectivity index (χ3v) is 1.51. The molecule has 0 aliphatic heterocycles. The predicted octanol–water partition coefficient (Wildman–Crippen LogP) is 1.41. The lowest BCUT2D eigenvalue weighted by Crippen LogP contribution is -2.20. The van der Waals surface area contributed by atoms with E-state index in [4.69, 9.17) is 4.74 Å². The van der Waals surface area contributed by atoms with E-state index in [1.807, 2.05) is 27.9 Å². The summed E-state index contributed by atoms with van der Waals surface area (Å²) >= 11 is 0. The fourth-order valence-electron chi connectivity index (χ4n) is 0.500. The van der Waals surface area contributed by atoms with Crippen LogP contribution in [0.2, 0.25) is 0 Å². The van der Waals surface area contributed by atoms with Gasteiger partial charge in [-0.3, -0.25) is 4.90 Å². The summed E-state index contributed by atoms with van der Waals surface area (Å²) in [5, 5.41) is 0. The number of allylic oxidation sites excluding steroid dienone is 1. The van der Waals surface area contributed by atoms with Crippen LogP contribution in [0.5, 0.6) is 0 Å². The van der Waals surface area contributed by atoms with Gasteiger partial charge in [0.05, 0.1) is 0 Å². The summed E-state index contributed by atoms with van der Waals surface area (Å²) < 4.78 is 4.96. The predicted molar refractivity (Wildman–Crippen MR) is 48.7 cm³/mol. The van der Waals surface area contributed by atoms with Gasteiger partial charge in [-0.05, 0) is 34.9 Å². The highest BCUT2D eigenvalue weighted by atomic mass is 16.5. The normalized spacial score (nSPS) is 9.83. The molecule has 0 aliphatic rings. The summed E-state index contributed by atoms with van der Waals surface area (Å²) in [5.74, 6) is -0.233. The molecule has 0 bridgehead atoms. The quantitative estimate of drug-likeness (QED) is 0.365. The van der Waals surface area contributed by atoms with E-state index < -0.39 is 0 Å². The molecule has 0 saturated carbocycles. The average Bonchev–Trinajstić information content (AvgIpc) is 1.98. The zero-order valence-electron chi connectivity index (χ0n) is 8.47. The topological polar surface area (TPSA) is 29.5 Å². The molecule has 0 saturated heterocycles. The molecule has 0 aromatic carbocycles. The van der Waals surface area contributed by atoms with E-state index in [1.54, 1.807) is 11.8 Å². The highest BCUT2D eigenvalue weighted by molar-refractivity contribution is 5.88. The molecule has 0 spiro atoms. The number of hydrogen-bond donors (Lipinski definition) is 0. The molecule has 0 rings (SSSR count). The van der Waals surface area contributed by atoms with Gasteiger partial charge in [-0.2, -0.15) is 0 Å². The number of ether oxygens (including phenoxy) is 1. The first-order valence-corrected chi connectivity index (χ1v) is 3.91. The Balaban J connectivity index is 3.98. The molecule has 0 heterocycles. The van der Waals surface area contributed by atoms with Crippen molar-refractivity contribution in [1.29, 1.82) is 0 Å². The van der Waals surface area contributed by atoms with E-state index in [0.29, 0.717) is 12.3 Å². The standard InChI is InChI=1S/C9H17NO2/c1-7(2)8(3)9(11)12-6-10(4)5/h6H2,1-5H3. The van der Waals surface area contributed by atoms with Gasteiger partial charge in [0.25, 0.3) is 0 Å². The third-order valence-electron chi connectivity index (χ3n) is 1.51. The van der Waals surface area contributed by atoms with Crippen molar-refractivity contribution in [2.45, 2.75) is 20.8 Å². The zero-order chi connectivity index (χ0) is 9.72. The van der Waals surface area contributed by atoms with Crippen LogP contribution in [0.15, 0.2) is 11.1 Å². The van der Waals surface area contributed by atoms with E-state index in [9.17, 15) is 4.79 Å². The second kappa shape index (κ2) is 4.93. The summed E-state index contributed by atoms with van der Waals surface area (Å²) in [6.45, 7) is 5.90. The SMILES string of the molecule is CC(C)=C(C)C(=O)OCN(C)C. The summed E-state index contributed by atoms with van der Waals surface area (Å²) in [6, 6.07) is 0. The number of hydrogen-bond acceptors (Lipinski definition) is 3. The summed E-state index contributed by atoms with van der Waals surface area (Å²) in [5.41, 5.74) is 1.69. The van der Waals surface area contributed by atoms with Crippen molar-refractivity contribution in [1.82, 2.24) is 4.90 Å². The fourth-order valence-corrected chi connectivity index (χ4v) is 0.500. The minimum Gasteiger partial charge on any atom is -0.446 e. The molecule has 0 fully saturated rings. The van der Waals surface area contributed by atoms with Gasteiger partial charge >= 0.3 is 5.97 Å². The molecule has 0 aliphatic carbocycles. The highest BCUT2D eigenvalue weighted by Gasteiger charge is 2.06. The maximum absolute atomic E-state index is 11.2. The molecule has 12 heavy (non-hydrogen) atoms. The van der Waals surface area contributed by atoms with E-state index in [-0.39, 0.29) is 5.97 Å². The van der Waals surface area contributed by atoms with Gasteiger partial charge in [0.2, 0.25) is 0 Å². The lowest BCUT2D eigenvalue weighted by Gasteiger charge is -2.10.